The van der Waals surface area contributed by atoms with E-state index in [1.165, 1.54) is 15.6 Å². The van der Waals surface area contributed by atoms with E-state index >= 15 is 0 Å². The summed E-state index contributed by atoms with van der Waals surface area (Å²) in [6.07, 6.45) is -0.586. The topological polar surface area (TPSA) is 129 Å². The molecule has 1 unspecified atom stereocenters. The van der Waals surface area contributed by atoms with E-state index in [2.05, 4.69) is 19.9 Å². The lowest BCUT2D eigenvalue weighted by Gasteiger charge is -2.16. The lowest BCUT2D eigenvalue weighted by Crippen LogP contribution is -2.21. The standard InChI is InChI=1S/C18H27F2N7O3S/c1-10(2)14-15(16(11(3)4)27(24-14)9-13(19)20)23-18(28)25-31(21,29)12-8-22-26-6-5-7-30-17(12)26/h8,10-11,13H,5-7,9H2,1-4H3,(H3,21,23,25,28,29). The number of urea groups is 1. The van der Waals surface area contributed by atoms with Crippen molar-refractivity contribution in [2.75, 3.05) is 11.9 Å². The molecule has 0 saturated carbocycles. The number of carbonyl (C=O) groups is 1. The van der Waals surface area contributed by atoms with E-state index in [4.69, 9.17) is 9.88 Å². The fourth-order valence-electron chi connectivity index (χ4n) is 3.43. The molecule has 1 atom stereocenters. The Morgan fingerprint density at radius 1 is 1.35 bits per heavy atom. The largest absolute Gasteiger partial charge is 0.477 e. The van der Waals surface area contributed by atoms with Gasteiger partial charge in [0, 0.05) is 13.0 Å². The third-order valence-electron chi connectivity index (χ3n) is 4.70. The maximum atomic E-state index is 13.0. The fourth-order valence-corrected chi connectivity index (χ4v) is 4.43. The Kier molecular flexibility index (Phi) is 6.65. The van der Waals surface area contributed by atoms with Gasteiger partial charge in [-0.25, -0.2) is 27.6 Å². The van der Waals surface area contributed by atoms with E-state index in [1.54, 1.807) is 13.8 Å². The van der Waals surface area contributed by atoms with E-state index in [0.717, 1.165) is 6.42 Å². The van der Waals surface area contributed by atoms with Crippen molar-refractivity contribution in [3.05, 3.63) is 17.6 Å². The van der Waals surface area contributed by atoms with Gasteiger partial charge in [-0.05, 0) is 11.8 Å². The molecule has 1 aliphatic heterocycles. The molecule has 0 aromatic carbocycles. The van der Waals surface area contributed by atoms with E-state index in [0.29, 0.717) is 24.5 Å². The summed E-state index contributed by atoms with van der Waals surface area (Å²) in [5, 5.41) is 16.8. The second-order valence-electron chi connectivity index (χ2n) is 7.86. The summed E-state index contributed by atoms with van der Waals surface area (Å²) in [6.45, 7) is 7.66. The average molecular weight is 460 g/mol. The number of fused-ring (bicyclic) bond motifs is 1. The van der Waals surface area contributed by atoms with Gasteiger partial charge < -0.3 is 10.1 Å². The van der Waals surface area contributed by atoms with Gasteiger partial charge in [-0.15, -0.1) is 4.36 Å². The number of alkyl halides is 2. The summed E-state index contributed by atoms with van der Waals surface area (Å²) in [5.41, 5.74) is 1.15. The number of anilines is 1. The van der Waals surface area contributed by atoms with Gasteiger partial charge in [-0.3, -0.25) is 4.68 Å². The van der Waals surface area contributed by atoms with Gasteiger partial charge in [-0.1, -0.05) is 27.7 Å². The van der Waals surface area contributed by atoms with Gasteiger partial charge in [0.1, 0.15) is 11.4 Å². The number of hydrogen-bond donors (Lipinski definition) is 2. The van der Waals surface area contributed by atoms with Crippen LogP contribution in [0.25, 0.3) is 0 Å². The molecule has 0 saturated heterocycles. The second kappa shape index (κ2) is 8.91. The van der Waals surface area contributed by atoms with Crippen LogP contribution in [0.15, 0.2) is 15.5 Å². The number of nitrogens with one attached hydrogen (secondary N) is 1. The van der Waals surface area contributed by atoms with Gasteiger partial charge in [-0.2, -0.15) is 10.2 Å². The van der Waals surface area contributed by atoms with Crippen molar-refractivity contribution in [3.63, 3.8) is 0 Å². The Labute approximate surface area is 179 Å². The van der Waals surface area contributed by atoms with Crippen molar-refractivity contribution in [3.8, 4) is 5.88 Å². The van der Waals surface area contributed by atoms with Gasteiger partial charge in [0.15, 0.2) is 9.92 Å². The van der Waals surface area contributed by atoms with Crippen LogP contribution in [0.3, 0.4) is 0 Å². The first-order valence-corrected chi connectivity index (χ1v) is 11.5. The second-order valence-corrected chi connectivity index (χ2v) is 9.62. The zero-order valence-electron chi connectivity index (χ0n) is 17.8. The van der Waals surface area contributed by atoms with E-state index in [-0.39, 0.29) is 28.3 Å². The molecule has 2 aromatic rings. The van der Waals surface area contributed by atoms with E-state index < -0.39 is 28.9 Å². The molecule has 3 N–H and O–H groups in total. The van der Waals surface area contributed by atoms with Crippen LogP contribution in [0.2, 0.25) is 0 Å². The average Bonchev–Trinajstić information content (AvgIpc) is 3.22. The van der Waals surface area contributed by atoms with E-state index in [9.17, 15) is 17.8 Å². The first-order valence-electron chi connectivity index (χ1n) is 9.94. The fraction of sp³-hybridized carbons (Fsp3) is 0.611. The molecule has 3 rings (SSSR count). The molecule has 172 valence electrons. The Balaban J connectivity index is 1.98. The monoisotopic (exact) mass is 459 g/mol. The van der Waals surface area contributed by atoms with Crippen LogP contribution in [0, 0.1) is 0 Å². The highest BCUT2D eigenvalue weighted by molar-refractivity contribution is 7.91. The highest BCUT2D eigenvalue weighted by Crippen LogP contribution is 2.33. The molecule has 0 aliphatic carbocycles. The van der Waals surface area contributed by atoms with Crippen molar-refractivity contribution >= 4 is 21.6 Å². The van der Waals surface area contributed by atoms with Crippen molar-refractivity contribution in [2.45, 2.75) is 70.4 Å². The summed E-state index contributed by atoms with van der Waals surface area (Å²) in [5.74, 6) is -0.150. The molecule has 2 amide bonds. The maximum absolute atomic E-state index is 13.0. The van der Waals surface area contributed by atoms with Gasteiger partial charge in [0.05, 0.1) is 29.9 Å². The van der Waals surface area contributed by atoms with Gasteiger partial charge in [0.2, 0.25) is 5.88 Å². The van der Waals surface area contributed by atoms with Crippen LogP contribution in [0.1, 0.15) is 57.3 Å². The van der Waals surface area contributed by atoms with Crippen LogP contribution in [-0.4, -0.2) is 42.8 Å². The lowest BCUT2D eigenvalue weighted by atomic mass is 10.0. The predicted octanol–water partition coefficient (Wildman–Crippen LogP) is 3.31. The Morgan fingerprint density at radius 3 is 2.68 bits per heavy atom. The number of hydrogen-bond acceptors (Lipinski definition) is 5. The third-order valence-corrected chi connectivity index (χ3v) is 6.05. The highest BCUT2D eigenvalue weighted by atomic mass is 32.2. The number of nitrogens with two attached hydrogens (primary N) is 1. The number of aryl methyl sites for hydroxylation is 1. The lowest BCUT2D eigenvalue weighted by molar-refractivity contribution is 0.120. The van der Waals surface area contributed by atoms with Crippen molar-refractivity contribution in [1.29, 1.82) is 0 Å². The number of nitrogens with zero attached hydrogens (tertiary/aromatic N) is 5. The Bertz CT molecular complexity index is 1080. The number of rotatable bonds is 6. The van der Waals surface area contributed by atoms with Crippen LogP contribution < -0.4 is 15.2 Å². The SMILES string of the molecule is CC(C)c1nn(CC(F)F)c(C(C)C)c1NC(=O)N=S(N)(=O)c1cnn2c1OCCC2. The minimum atomic E-state index is -3.65. The summed E-state index contributed by atoms with van der Waals surface area (Å²) in [6, 6.07) is -0.969. The molecule has 0 fully saturated rings. The minimum absolute atomic E-state index is 0.0314. The number of aromatic nitrogens is 4. The first-order chi connectivity index (χ1) is 14.5. The normalized spacial score (nSPS) is 15.7. The molecule has 2 aromatic heterocycles. The molecule has 0 radical (unpaired) electrons. The zero-order valence-corrected chi connectivity index (χ0v) is 18.7. The molecule has 13 heteroatoms. The molecular formula is C18H27F2N7O3S. The molecule has 0 bridgehead atoms. The van der Waals surface area contributed by atoms with E-state index in [1.807, 2.05) is 13.8 Å². The smallest absolute Gasteiger partial charge is 0.354 e. The quantitative estimate of drug-likeness (QED) is 0.685. The summed E-state index contributed by atoms with van der Waals surface area (Å²) in [7, 11) is -3.65. The molecular weight excluding hydrogens is 432 g/mol. The molecule has 1 aliphatic rings. The molecule has 31 heavy (non-hydrogen) atoms. The van der Waals surface area contributed by atoms with Gasteiger partial charge >= 0.3 is 6.03 Å². The number of ether oxygens (including phenoxy) is 1. The number of carbonyl (C=O) groups excluding carboxylic acids is 1. The first kappa shape index (κ1) is 23.1. The molecule has 3 heterocycles. The van der Waals surface area contributed by atoms with Crippen LogP contribution in [0.4, 0.5) is 19.3 Å². The zero-order chi connectivity index (χ0) is 22.9. The molecule has 10 nitrogen and oxygen atoms in total. The van der Waals surface area contributed by atoms with Crippen molar-refractivity contribution < 1.29 is 22.5 Å². The number of halogens is 2. The minimum Gasteiger partial charge on any atom is -0.477 e. The van der Waals surface area contributed by atoms with Crippen LogP contribution >= 0.6 is 0 Å². The highest BCUT2D eigenvalue weighted by Gasteiger charge is 2.27. The summed E-state index contributed by atoms with van der Waals surface area (Å²) in [4.78, 5) is 12.7. The summed E-state index contributed by atoms with van der Waals surface area (Å²) >= 11 is 0. The van der Waals surface area contributed by atoms with Crippen molar-refractivity contribution in [1.82, 2.24) is 19.6 Å². The third kappa shape index (κ3) is 4.87. The van der Waals surface area contributed by atoms with Crippen LogP contribution in [-0.2, 0) is 23.0 Å². The predicted molar refractivity (Wildman–Crippen MR) is 111 cm³/mol. The Morgan fingerprint density at radius 2 is 2.06 bits per heavy atom. The molecule has 0 spiro atoms. The maximum Gasteiger partial charge on any atom is 0.354 e. The van der Waals surface area contributed by atoms with Gasteiger partial charge in [0.25, 0.3) is 6.43 Å². The van der Waals surface area contributed by atoms with Crippen molar-refractivity contribution in [2.24, 2.45) is 9.50 Å². The van der Waals surface area contributed by atoms with Crippen LogP contribution in [0.5, 0.6) is 5.88 Å². The number of amides is 2. The Hall–Kier alpha value is -2.54. The summed E-state index contributed by atoms with van der Waals surface area (Å²) < 4.78 is 51.0.